The number of hydrogen-bond acceptors (Lipinski definition) is 11. The lowest BCUT2D eigenvalue weighted by Gasteiger charge is -2.23. The number of esters is 3. The fraction of sp³-hybridized carbons (Fsp3) is 0.571. The molecule has 1 aliphatic rings. The van der Waals surface area contributed by atoms with Crippen LogP contribution in [-0.2, 0) is 33.3 Å². The molecule has 0 saturated carbocycles. The highest BCUT2D eigenvalue weighted by atomic mass is 16.7. The van der Waals surface area contributed by atoms with E-state index in [0.29, 0.717) is 0 Å². The van der Waals surface area contributed by atoms with Crippen LogP contribution in [0.15, 0.2) is 11.0 Å². The summed E-state index contributed by atoms with van der Waals surface area (Å²) < 4.78 is 21.7. The Morgan fingerprint density at radius 1 is 1.15 bits per heavy atom. The van der Waals surface area contributed by atoms with Crippen LogP contribution in [0.5, 0.6) is 0 Å². The van der Waals surface area contributed by atoms with Crippen LogP contribution in [0.3, 0.4) is 0 Å². The van der Waals surface area contributed by atoms with Gasteiger partial charge in [0, 0.05) is 20.8 Å². The van der Waals surface area contributed by atoms with Crippen LogP contribution < -0.4 is 11.4 Å². The summed E-state index contributed by atoms with van der Waals surface area (Å²) in [6.07, 6.45) is -3.50. The molecule has 2 rings (SSSR count). The number of aromatic nitrogens is 3. The second kappa shape index (κ2) is 7.91. The number of carbonyl (C=O) groups excluding carboxylic acids is 3. The summed E-state index contributed by atoms with van der Waals surface area (Å²) in [5.41, 5.74) is 4.54. The monoisotopic (exact) mass is 370 g/mol. The van der Waals surface area contributed by atoms with Gasteiger partial charge in [0.15, 0.2) is 18.4 Å². The molecule has 0 radical (unpaired) electrons. The molecule has 0 amide bonds. The number of nitrogens with zero attached hydrogens (tertiary/aromatic N) is 3. The van der Waals surface area contributed by atoms with Crippen molar-refractivity contribution in [3.63, 3.8) is 0 Å². The zero-order valence-corrected chi connectivity index (χ0v) is 14.3. The summed E-state index contributed by atoms with van der Waals surface area (Å²) in [6, 6.07) is 0. The third-order valence-electron chi connectivity index (χ3n) is 3.32. The average molecular weight is 370 g/mol. The first-order valence-corrected chi connectivity index (χ1v) is 7.53. The van der Waals surface area contributed by atoms with Gasteiger partial charge in [-0.2, -0.15) is 14.8 Å². The van der Waals surface area contributed by atoms with Gasteiger partial charge in [-0.15, -0.1) is 0 Å². The Labute approximate surface area is 147 Å². The predicted molar refractivity (Wildman–Crippen MR) is 82.4 cm³/mol. The Morgan fingerprint density at radius 3 is 2.31 bits per heavy atom. The van der Waals surface area contributed by atoms with Crippen molar-refractivity contribution in [1.82, 2.24) is 14.8 Å². The van der Waals surface area contributed by atoms with Crippen molar-refractivity contribution in [3.8, 4) is 0 Å². The summed E-state index contributed by atoms with van der Waals surface area (Å²) in [6.45, 7) is 3.18. The van der Waals surface area contributed by atoms with E-state index >= 15 is 0 Å². The van der Waals surface area contributed by atoms with Crippen LogP contribution >= 0.6 is 0 Å². The first kappa shape index (κ1) is 19.3. The highest BCUT2D eigenvalue weighted by molar-refractivity contribution is 5.67. The summed E-state index contributed by atoms with van der Waals surface area (Å²) in [7, 11) is 0. The molecule has 12 heteroatoms. The molecule has 0 spiro atoms. The molecule has 26 heavy (non-hydrogen) atoms. The molecule has 2 unspecified atom stereocenters. The van der Waals surface area contributed by atoms with Gasteiger partial charge in [0.25, 0.3) is 0 Å². The highest BCUT2D eigenvalue weighted by Gasteiger charge is 2.51. The van der Waals surface area contributed by atoms with E-state index in [0.717, 1.165) is 24.7 Å². The Bertz CT molecular complexity index is 764. The molecule has 12 nitrogen and oxygen atoms in total. The van der Waals surface area contributed by atoms with Gasteiger partial charge in [0.05, 0.1) is 6.20 Å². The second-order valence-corrected chi connectivity index (χ2v) is 5.42. The smallest absolute Gasteiger partial charge is 0.368 e. The number of carbonyl (C=O) groups is 3. The van der Waals surface area contributed by atoms with Crippen molar-refractivity contribution in [3.05, 3.63) is 16.7 Å². The number of anilines is 1. The van der Waals surface area contributed by atoms with Gasteiger partial charge in [-0.25, -0.2) is 4.79 Å². The molecule has 2 heterocycles. The predicted octanol–water partition coefficient (Wildman–Crippen LogP) is -1.46. The normalized spacial score (nSPS) is 24.7. The number of ether oxygens (including phenoxy) is 4. The third-order valence-corrected chi connectivity index (χ3v) is 3.32. The lowest BCUT2D eigenvalue weighted by Crippen LogP contribution is -2.42. The van der Waals surface area contributed by atoms with Crippen LogP contribution in [0.2, 0.25) is 0 Å². The van der Waals surface area contributed by atoms with Crippen LogP contribution in [-0.4, -0.2) is 57.6 Å². The molecule has 1 saturated heterocycles. The topological polar surface area (TPSA) is 162 Å². The molecule has 0 aromatic carbocycles. The van der Waals surface area contributed by atoms with Crippen molar-refractivity contribution >= 4 is 23.7 Å². The molecule has 2 N–H and O–H groups in total. The first-order valence-electron chi connectivity index (χ1n) is 7.53. The van der Waals surface area contributed by atoms with Gasteiger partial charge in [-0.3, -0.25) is 14.4 Å². The van der Waals surface area contributed by atoms with Gasteiger partial charge >= 0.3 is 23.6 Å². The summed E-state index contributed by atoms with van der Waals surface area (Å²) in [4.78, 5) is 49.6. The molecular formula is C14H18N4O8. The molecule has 142 valence electrons. The van der Waals surface area contributed by atoms with E-state index in [4.69, 9.17) is 24.7 Å². The van der Waals surface area contributed by atoms with E-state index in [1.165, 1.54) is 6.92 Å². The number of nitrogen functional groups attached to an aromatic ring is 1. The van der Waals surface area contributed by atoms with E-state index in [1.807, 2.05) is 0 Å². The molecule has 1 aliphatic heterocycles. The van der Waals surface area contributed by atoms with E-state index in [2.05, 4.69) is 10.1 Å². The quantitative estimate of drug-likeness (QED) is 0.476. The van der Waals surface area contributed by atoms with E-state index in [9.17, 15) is 19.2 Å². The SMILES string of the molecule is CC(=O)OC[C@H]1O[C@@H](n2ncc(N)nc2=O)C(OC(C)=O)C1OC(C)=O. The van der Waals surface area contributed by atoms with Gasteiger partial charge in [-0.05, 0) is 0 Å². The van der Waals surface area contributed by atoms with Gasteiger partial charge < -0.3 is 24.7 Å². The fourth-order valence-electron chi connectivity index (χ4n) is 2.43. The van der Waals surface area contributed by atoms with Gasteiger partial charge in [0.2, 0.25) is 0 Å². The van der Waals surface area contributed by atoms with Gasteiger partial charge in [-0.1, -0.05) is 0 Å². The van der Waals surface area contributed by atoms with Crippen LogP contribution in [0.1, 0.15) is 27.0 Å². The maximum Gasteiger partial charge on any atom is 0.368 e. The third kappa shape index (κ3) is 4.53. The molecule has 0 bridgehead atoms. The maximum atomic E-state index is 12.1. The van der Waals surface area contributed by atoms with Crippen molar-refractivity contribution in [1.29, 1.82) is 0 Å². The molecule has 1 aromatic heterocycles. The molecule has 0 aliphatic carbocycles. The summed E-state index contributed by atoms with van der Waals surface area (Å²) >= 11 is 0. The lowest BCUT2D eigenvalue weighted by atomic mass is 10.1. The molecule has 1 fully saturated rings. The second-order valence-electron chi connectivity index (χ2n) is 5.42. The van der Waals surface area contributed by atoms with Crippen molar-refractivity contribution in [2.75, 3.05) is 12.3 Å². The van der Waals surface area contributed by atoms with Crippen molar-refractivity contribution in [2.24, 2.45) is 0 Å². The highest BCUT2D eigenvalue weighted by Crippen LogP contribution is 2.33. The molecule has 4 atom stereocenters. The molecular weight excluding hydrogens is 352 g/mol. The van der Waals surface area contributed by atoms with Crippen molar-refractivity contribution in [2.45, 2.75) is 45.3 Å². The van der Waals surface area contributed by atoms with Crippen LogP contribution in [0.25, 0.3) is 0 Å². The zero-order chi connectivity index (χ0) is 19.4. The Hall–Kier alpha value is -3.02. The summed E-state index contributed by atoms with van der Waals surface area (Å²) in [5.74, 6) is -2.08. The first-order chi connectivity index (χ1) is 12.2. The van der Waals surface area contributed by atoms with Crippen LogP contribution in [0, 0.1) is 0 Å². The van der Waals surface area contributed by atoms with E-state index in [1.54, 1.807) is 0 Å². The van der Waals surface area contributed by atoms with E-state index in [-0.39, 0.29) is 12.4 Å². The van der Waals surface area contributed by atoms with E-state index < -0.39 is 48.1 Å². The molecule has 1 aromatic rings. The Kier molecular flexibility index (Phi) is 5.87. The summed E-state index contributed by atoms with van der Waals surface area (Å²) in [5, 5.41) is 3.81. The minimum absolute atomic E-state index is 0.110. The minimum Gasteiger partial charge on any atom is -0.463 e. The van der Waals surface area contributed by atoms with Crippen LogP contribution in [0.4, 0.5) is 5.82 Å². The lowest BCUT2D eigenvalue weighted by molar-refractivity contribution is -0.166. The number of rotatable bonds is 5. The fourth-order valence-corrected chi connectivity index (χ4v) is 2.43. The largest absolute Gasteiger partial charge is 0.463 e. The zero-order valence-electron chi connectivity index (χ0n) is 14.3. The Morgan fingerprint density at radius 2 is 1.77 bits per heavy atom. The standard InChI is InChI=1S/C14H18N4O8/c1-6(19)23-5-9-11(24-7(2)20)12(25-8(3)21)13(26-9)18-14(22)17-10(15)4-16-18/h4,9,11-13H,5H2,1-3H3,(H2,15,17,22)/t9-,11?,12?,13-/m1/s1. The minimum atomic E-state index is -1.26. The number of nitrogens with two attached hydrogens (primary N) is 1. The number of hydrogen-bond donors (Lipinski definition) is 1. The average Bonchev–Trinajstić information content (AvgIpc) is 2.82. The van der Waals surface area contributed by atoms with Gasteiger partial charge in [0.1, 0.15) is 18.5 Å². The Balaban J connectivity index is 2.40. The van der Waals surface area contributed by atoms with Crippen molar-refractivity contribution < 1.29 is 33.3 Å². The maximum absolute atomic E-state index is 12.1.